The Hall–Kier alpha value is -1.68. The van der Waals surface area contributed by atoms with Crippen molar-refractivity contribution in [3.63, 3.8) is 0 Å². The number of carbonyl (C=O) groups excluding carboxylic acids is 1. The second kappa shape index (κ2) is 7.93. The molecule has 0 radical (unpaired) electrons. The van der Waals surface area contributed by atoms with Gasteiger partial charge in [0.15, 0.2) is 0 Å². The van der Waals surface area contributed by atoms with Gasteiger partial charge in [0.1, 0.15) is 0 Å². The van der Waals surface area contributed by atoms with E-state index in [1.165, 1.54) is 36.1 Å². The predicted molar refractivity (Wildman–Crippen MR) is 99.3 cm³/mol. The summed E-state index contributed by atoms with van der Waals surface area (Å²) in [6.07, 6.45) is 5.75. The number of thiazole rings is 1. The fourth-order valence-electron chi connectivity index (χ4n) is 3.75. The fourth-order valence-corrected chi connectivity index (χ4v) is 4.52. The Bertz CT molecular complexity index is 661. The number of likely N-dealkylation sites (N-methyl/N-ethyl adjacent to an activating group) is 1. The molecule has 0 aliphatic heterocycles. The lowest BCUT2D eigenvalue weighted by Gasteiger charge is -2.28. The van der Waals surface area contributed by atoms with E-state index in [4.69, 9.17) is 0 Å². The van der Waals surface area contributed by atoms with Crippen molar-refractivity contribution in [3.8, 4) is 0 Å². The molecular weight excluding hydrogens is 316 g/mol. The number of hydrogen-bond acceptors (Lipinski definition) is 3. The van der Waals surface area contributed by atoms with Crippen molar-refractivity contribution in [3.05, 3.63) is 52.0 Å². The standard InChI is InChI=1S/C20H26N2OS/c1-15-18(24-14-21-15)12-13-22(2)20(23)19(17-10-6-7-11-17)16-8-4-3-5-9-16/h3-5,8-9,14,17,19H,6-7,10-13H2,1-2H3. The lowest BCUT2D eigenvalue weighted by Crippen LogP contribution is -2.36. The van der Waals surface area contributed by atoms with Crippen molar-refractivity contribution in [1.82, 2.24) is 9.88 Å². The molecule has 1 aliphatic rings. The van der Waals surface area contributed by atoms with Crippen molar-refractivity contribution in [1.29, 1.82) is 0 Å². The lowest BCUT2D eigenvalue weighted by molar-refractivity contribution is -0.132. The van der Waals surface area contributed by atoms with E-state index in [2.05, 4.69) is 17.1 Å². The smallest absolute Gasteiger partial charge is 0.230 e. The minimum atomic E-state index is 0.0151. The van der Waals surface area contributed by atoms with Crippen molar-refractivity contribution in [2.24, 2.45) is 5.92 Å². The van der Waals surface area contributed by atoms with E-state index >= 15 is 0 Å². The van der Waals surface area contributed by atoms with Crippen LogP contribution in [-0.2, 0) is 11.2 Å². The zero-order valence-corrected chi connectivity index (χ0v) is 15.4. The van der Waals surface area contributed by atoms with Crippen LogP contribution in [0.25, 0.3) is 0 Å². The summed E-state index contributed by atoms with van der Waals surface area (Å²) in [5.74, 6) is 0.781. The molecule has 1 unspecified atom stereocenters. The van der Waals surface area contributed by atoms with Crippen LogP contribution < -0.4 is 0 Å². The highest BCUT2D eigenvalue weighted by atomic mass is 32.1. The van der Waals surface area contributed by atoms with Crippen LogP contribution in [0.1, 0.15) is 47.7 Å². The van der Waals surface area contributed by atoms with Crippen molar-refractivity contribution < 1.29 is 4.79 Å². The van der Waals surface area contributed by atoms with E-state index < -0.39 is 0 Å². The summed E-state index contributed by atoms with van der Waals surface area (Å²) >= 11 is 1.68. The number of aryl methyl sites for hydroxylation is 1. The van der Waals surface area contributed by atoms with Gasteiger partial charge in [0.25, 0.3) is 0 Å². The van der Waals surface area contributed by atoms with Crippen LogP contribution in [-0.4, -0.2) is 29.4 Å². The average Bonchev–Trinajstić information content (AvgIpc) is 3.26. The van der Waals surface area contributed by atoms with E-state index in [1.807, 2.05) is 42.6 Å². The summed E-state index contributed by atoms with van der Waals surface area (Å²) in [6, 6.07) is 10.3. The van der Waals surface area contributed by atoms with Gasteiger partial charge in [0, 0.05) is 24.9 Å². The summed E-state index contributed by atoms with van der Waals surface area (Å²) in [4.78, 5) is 20.7. The quantitative estimate of drug-likeness (QED) is 0.778. The molecule has 24 heavy (non-hydrogen) atoms. The number of carbonyl (C=O) groups is 1. The minimum absolute atomic E-state index is 0.0151. The van der Waals surface area contributed by atoms with Crippen molar-refractivity contribution >= 4 is 17.2 Å². The summed E-state index contributed by atoms with van der Waals surface area (Å²) in [5, 5.41) is 0. The van der Waals surface area contributed by atoms with Gasteiger partial charge in [-0.25, -0.2) is 4.98 Å². The Balaban J connectivity index is 1.71. The predicted octanol–water partition coefficient (Wildman–Crippen LogP) is 4.43. The van der Waals surface area contributed by atoms with E-state index in [1.54, 1.807) is 11.3 Å². The molecule has 128 valence electrons. The second-order valence-corrected chi connectivity index (χ2v) is 7.74. The summed E-state index contributed by atoms with van der Waals surface area (Å²) < 4.78 is 0. The zero-order chi connectivity index (χ0) is 16.9. The normalized spacial score (nSPS) is 16.2. The van der Waals surface area contributed by atoms with Crippen LogP contribution in [0.4, 0.5) is 0 Å². The minimum Gasteiger partial charge on any atom is -0.345 e. The second-order valence-electron chi connectivity index (χ2n) is 6.80. The maximum atomic E-state index is 13.2. The first-order valence-electron chi connectivity index (χ1n) is 8.85. The number of benzene rings is 1. The Morgan fingerprint density at radius 2 is 2.00 bits per heavy atom. The first-order chi connectivity index (χ1) is 11.7. The molecule has 1 aliphatic carbocycles. The third-order valence-electron chi connectivity index (χ3n) is 5.19. The lowest BCUT2D eigenvalue weighted by atomic mass is 9.83. The molecule has 0 bridgehead atoms. The highest BCUT2D eigenvalue weighted by Crippen LogP contribution is 2.38. The maximum Gasteiger partial charge on any atom is 0.230 e. The highest BCUT2D eigenvalue weighted by Gasteiger charge is 2.33. The Morgan fingerprint density at radius 3 is 2.62 bits per heavy atom. The number of amides is 1. The Labute approximate surface area is 148 Å². The Kier molecular flexibility index (Phi) is 5.67. The SMILES string of the molecule is Cc1ncsc1CCN(C)C(=O)C(c1ccccc1)C1CCCC1. The van der Waals surface area contributed by atoms with E-state index in [-0.39, 0.29) is 11.8 Å². The molecule has 1 amide bonds. The van der Waals surface area contributed by atoms with Crippen molar-refractivity contribution in [2.45, 2.75) is 44.9 Å². The molecule has 1 atom stereocenters. The first kappa shape index (κ1) is 17.2. The summed E-state index contributed by atoms with van der Waals surface area (Å²) in [6.45, 7) is 2.80. The van der Waals surface area contributed by atoms with Crippen LogP contribution >= 0.6 is 11.3 Å². The largest absolute Gasteiger partial charge is 0.345 e. The molecule has 3 nitrogen and oxygen atoms in total. The van der Waals surface area contributed by atoms with Gasteiger partial charge in [-0.2, -0.15) is 0 Å². The van der Waals surface area contributed by atoms with Crippen LogP contribution in [0.15, 0.2) is 35.8 Å². The molecule has 1 aromatic carbocycles. The van der Waals surface area contributed by atoms with Gasteiger partial charge in [0.05, 0.1) is 17.1 Å². The molecule has 1 saturated carbocycles. The van der Waals surface area contributed by atoms with Gasteiger partial charge >= 0.3 is 0 Å². The van der Waals surface area contributed by atoms with Crippen LogP contribution in [0.3, 0.4) is 0 Å². The maximum absolute atomic E-state index is 13.2. The molecule has 1 fully saturated rings. The van der Waals surface area contributed by atoms with Gasteiger partial charge in [0.2, 0.25) is 5.91 Å². The summed E-state index contributed by atoms with van der Waals surface area (Å²) in [5.41, 5.74) is 4.16. The zero-order valence-electron chi connectivity index (χ0n) is 14.6. The van der Waals surface area contributed by atoms with E-state index in [0.29, 0.717) is 5.92 Å². The van der Waals surface area contributed by atoms with Gasteiger partial charge in [-0.1, -0.05) is 43.2 Å². The third-order valence-corrected chi connectivity index (χ3v) is 6.19. The average molecular weight is 343 g/mol. The first-order valence-corrected chi connectivity index (χ1v) is 9.73. The molecule has 0 N–H and O–H groups in total. The van der Waals surface area contributed by atoms with Crippen LogP contribution in [0.5, 0.6) is 0 Å². The van der Waals surface area contributed by atoms with Gasteiger partial charge in [-0.15, -0.1) is 11.3 Å². The van der Waals surface area contributed by atoms with Crippen LogP contribution in [0, 0.1) is 12.8 Å². The molecule has 1 aromatic heterocycles. The summed E-state index contributed by atoms with van der Waals surface area (Å²) in [7, 11) is 1.95. The fraction of sp³-hybridized carbons (Fsp3) is 0.500. The van der Waals surface area contributed by atoms with Gasteiger partial charge in [-0.05, 0) is 31.2 Å². The van der Waals surface area contributed by atoms with Gasteiger partial charge < -0.3 is 4.90 Å². The van der Waals surface area contributed by atoms with Crippen LogP contribution in [0.2, 0.25) is 0 Å². The molecule has 1 heterocycles. The topological polar surface area (TPSA) is 33.2 Å². The van der Waals surface area contributed by atoms with Gasteiger partial charge in [-0.3, -0.25) is 4.79 Å². The number of aromatic nitrogens is 1. The third kappa shape index (κ3) is 3.86. The monoisotopic (exact) mass is 342 g/mol. The Morgan fingerprint density at radius 1 is 1.29 bits per heavy atom. The molecular formula is C20H26N2OS. The molecule has 0 spiro atoms. The molecule has 2 aromatic rings. The number of rotatable bonds is 6. The molecule has 3 rings (SSSR count). The number of hydrogen-bond donors (Lipinski definition) is 0. The van der Waals surface area contributed by atoms with Crippen molar-refractivity contribution in [2.75, 3.05) is 13.6 Å². The van der Waals surface area contributed by atoms with E-state index in [9.17, 15) is 4.79 Å². The highest BCUT2D eigenvalue weighted by molar-refractivity contribution is 7.09. The molecule has 4 heteroatoms. The van der Waals surface area contributed by atoms with E-state index in [0.717, 1.165) is 18.7 Å². The number of nitrogens with zero attached hydrogens (tertiary/aromatic N) is 2. The molecule has 0 saturated heterocycles.